The third kappa shape index (κ3) is 4.76. The highest BCUT2D eigenvalue weighted by atomic mass is 16.5. The van der Waals surface area contributed by atoms with E-state index in [0.717, 1.165) is 5.56 Å². The van der Waals surface area contributed by atoms with Gasteiger partial charge in [-0.1, -0.05) is 6.07 Å². The first-order chi connectivity index (χ1) is 14.0. The van der Waals surface area contributed by atoms with Crippen LogP contribution in [0.5, 0.6) is 11.5 Å². The molecule has 0 saturated heterocycles. The Hall–Kier alpha value is -3.74. The first kappa shape index (κ1) is 20.0. The van der Waals surface area contributed by atoms with Gasteiger partial charge in [0.1, 0.15) is 18.1 Å². The Morgan fingerprint density at radius 3 is 2.55 bits per heavy atom. The Balaban J connectivity index is 1.72. The van der Waals surface area contributed by atoms with E-state index in [1.165, 1.54) is 6.26 Å². The molecule has 7 nitrogen and oxygen atoms in total. The van der Waals surface area contributed by atoms with Gasteiger partial charge in [-0.05, 0) is 55.0 Å². The Bertz CT molecular complexity index is 1010. The van der Waals surface area contributed by atoms with Crippen molar-refractivity contribution < 1.29 is 28.2 Å². The van der Waals surface area contributed by atoms with Crippen LogP contribution >= 0.6 is 0 Å². The summed E-state index contributed by atoms with van der Waals surface area (Å²) < 4.78 is 21.0. The number of methoxy groups -OCH3 is 2. The van der Waals surface area contributed by atoms with Gasteiger partial charge in [0, 0.05) is 11.3 Å². The summed E-state index contributed by atoms with van der Waals surface area (Å²) in [6.07, 6.45) is 1.42. The van der Waals surface area contributed by atoms with Gasteiger partial charge in [0.15, 0.2) is 5.76 Å². The molecule has 0 aliphatic carbocycles. The minimum atomic E-state index is -0.525. The summed E-state index contributed by atoms with van der Waals surface area (Å²) in [7, 11) is 3.10. The Morgan fingerprint density at radius 2 is 1.86 bits per heavy atom. The third-order valence-corrected chi connectivity index (χ3v) is 4.31. The molecule has 0 spiro atoms. The molecule has 1 N–H and O–H groups in total. The lowest BCUT2D eigenvalue weighted by molar-refractivity contribution is 0.0469. The van der Waals surface area contributed by atoms with Crippen molar-refractivity contribution in [1.82, 2.24) is 0 Å². The van der Waals surface area contributed by atoms with Gasteiger partial charge in [0.25, 0.3) is 5.91 Å². The van der Waals surface area contributed by atoms with Gasteiger partial charge in [-0.2, -0.15) is 0 Å². The van der Waals surface area contributed by atoms with Crippen molar-refractivity contribution in [2.75, 3.05) is 19.5 Å². The largest absolute Gasteiger partial charge is 0.497 e. The second kappa shape index (κ2) is 8.97. The van der Waals surface area contributed by atoms with Crippen molar-refractivity contribution in [2.24, 2.45) is 0 Å². The van der Waals surface area contributed by atoms with Crippen LogP contribution < -0.4 is 14.8 Å². The zero-order chi connectivity index (χ0) is 20.8. The summed E-state index contributed by atoms with van der Waals surface area (Å²) in [4.78, 5) is 24.7. The smallest absolute Gasteiger partial charge is 0.338 e. The molecule has 0 bridgehead atoms. The van der Waals surface area contributed by atoms with Gasteiger partial charge >= 0.3 is 5.97 Å². The predicted octanol–water partition coefficient (Wildman–Crippen LogP) is 4.21. The number of furan rings is 1. The van der Waals surface area contributed by atoms with E-state index in [1.54, 1.807) is 62.8 Å². The quantitative estimate of drug-likeness (QED) is 0.603. The molecule has 0 saturated carbocycles. The number of anilines is 1. The second-order valence-corrected chi connectivity index (χ2v) is 6.22. The molecule has 3 aromatic rings. The third-order valence-electron chi connectivity index (χ3n) is 4.31. The number of ether oxygens (including phenoxy) is 3. The van der Waals surface area contributed by atoms with Crippen molar-refractivity contribution in [3.05, 3.63) is 77.2 Å². The van der Waals surface area contributed by atoms with Crippen molar-refractivity contribution in [3.63, 3.8) is 0 Å². The molecular weight excluding hydrogens is 374 g/mol. The normalized spacial score (nSPS) is 10.3. The molecular formula is C22H21NO6. The minimum absolute atomic E-state index is 0.0151. The Kier molecular flexibility index (Phi) is 6.19. The molecule has 0 radical (unpaired) electrons. The first-order valence-corrected chi connectivity index (χ1v) is 8.85. The number of benzene rings is 2. The fraction of sp³-hybridized carbons (Fsp3) is 0.182. The van der Waals surface area contributed by atoms with Gasteiger partial charge in [0.05, 0.1) is 26.0 Å². The van der Waals surface area contributed by atoms with E-state index >= 15 is 0 Å². The van der Waals surface area contributed by atoms with Crippen molar-refractivity contribution in [1.29, 1.82) is 0 Å². The predicted molar refractivity (Wildman–Crippen MR) is 107 cm³/mol. The summed E-state index contributed by atoms with van der Waals surface area (Å²) >= 11 is 0. The maximum atomic E-state index is 12.5. The highest BCUT2D eigenvalue weighted by molar-refractivity contribution is 6.03. The molecule has 2 aromatic carbocycles. The lowest BCUT2D eigenvalue weighted by atomic mass is 10.1. The van der Waals surface area contributed by atoms with E-state index in [9.17, 15) is 9.59 Å². The fourth-order valence-corrected chi connectivity index (χ4v) is 2.70. The molecule has 0 aliphatic rings. The van der Waals surface area contributed by atoms with Crippen LogP contribution in [0.15, 0.2) is 59.2 Å². The number of nitrogens with one attached hydrogen (secondary N) is 1. The molecule has 150 valence electrons. The first-order valence-electron chi connectivity index (χ1n) is 8.85. The van der Waals surface area contributed by atoms with Crippen LogP contribution in [-0.2, 0) is 11.3 Å². The van der Waals surface area contributed by atoms with Crippen LogP contribution in [0.3, 0.4) is 0 Å². The lowest BCUT2D eigenvalue weighted by Crippen LogP contribution is -2.13. The van der Waals surface area contributed by atoms with Crippen molar-refractivity contribution in [3.8, 4) is 11.5 Å². The standard InChI is InChI=1S/C22H21NO6/c1-14-6-7-15(12-18(14)23-21(24)20-5-4-10-28-20)22(25)29-13-16-11-17(26-2)8-9-19(16)27-3/h4-12H,13H2,1-3H3,(H,23,24). The van der Waals surface area contributed by atoms with Gasteiger partial charge < -0.3 is 23.9 Å². The van der Waals surface area contributed by atoms with Gasteiger partial charge in [0.2, 0.25) is 0 Å². The SMILES string of the molecule is COc1ccc(OC)c(COC(=O)c2ccc(C)c(NC(=O)c3ccco3)c2)c1. The second-order valence-electron chi connectivity index (χ2n) is 6.22. The zero-order valence-electron chi connectivity index (χ0n) is 16.4. The molecule has 29 heavy (non-hydrogen) atoms. The van der Waals surface area contributed by atoms with Gasteiger partial charge in [-0.3, -0.25) is 4.79 Å². The topological polar surface area (TPSA) is 87.0 Å². The molecule has 1 amide bonds. The summed E-state index contributed by atoms with van der Waals surface area (Å²) in [5, 5.41) is 2.74. The van der Waals surface area contributed by atoms with E-state index < -0.39 is 11.9 Å². The summed E-state index contributed by atoms with van der Waals surface area (Å²) in [6.45, 7) is 1.84. The van der Waals surface area contributed by atoms with Crippen LogP contribution in [0.25, 0.3) is 0 Å². The number of rotatable bonds is 7. The zero-order valence-corrected chi connectivity index (χ0v) is 16.4. The minimum Gasteiger partial charge on any atom is -0.497 e. The Labute approximate surface area is 168 Å². The van der Waals surface area contributed by atoms with E-state index in [2.05, 4.69) is 5.32 Å². The molecule has 0 unspecified atom stereocenters. The maximum absolute atomic E-state index is 12.5. The average Bonchev–Trinajstić information content (AvgIpc) is 3.28. The molecule has 1 heterocycles. The van der Waals surface area contributed by atoms with E-state index in [4.69, 9.17) is 18.6 Å². The summed E-state index contributed by atoms with van der Waals surface area (Å²) in [5.41, 5.74) is 2.29. The van der Waals surface area contributed by atoms with Crippen LogP contribution in [0.1, 0.15) is 32.0 Å². The van der Waals surface area contributed by atoms with Crippen LogP contribution in [0, 0.1) is 6.92 Å². The fourth-order valence-electron chi connectivity index (χ4n) is 2.70. The number of hydrogen-bond acceptors (Lipinski definition) is 6. The molecule has 0 fully saturated rings. The average molecular weight is 395 g/mol. The van der Waals surface area contributed by atoms with Crippen LogP contribution in [0.2, 0.25) is 0 Å². The van der Waals surface area contributed by atoms with Crippen molar-refractivity contribution >= 4 is 17.6 Å². The molecule has 3 rings (SSSR count). The van der Waals surface area contributed by atoms with Crippen LogP contribution in [0.4, 0.5) is 5.69 Å². The number of aryl methyl sites for hydroxylation is 1. The molecule has 0 aliphatic heterocycles. The number of carbonyl (C=O) groups excluding carboxylic acids is 2. The Morgan fingerprint density at radius 1 is 1.03 bits per heavy atom. The lowest BCUT2D eigenvalue weighted by Gasteiger charge is -2.12. The number of hydrogen-bond donors (Lipinski definition) is 1. The summed E-state index contributed by atoms with van der Waals surface area (Å²) in [5.74, 6) is 0.486. The van der Waals surface area contributed by atoms with E-state index in [0.29, 0.717) is 28.3 Å². The van der Waals surface area contributed by atoms with E-state index in [-0.39, 0.29) is 12.4 Å². The molecule has 0 atom stereocenters. The molecule has 1 aromatic heterocycles. The number of esters is 1. The summed E-state index contributed by atoms with van der Waals surface area (Å²) in [6, 6.07) is 13.4. The monoisotopic (exact) mass is 395 g/mol. The maximum Gasteiger partial charge on any atom is 0.338 e. The highest BCUT2D eigenvalue weighted by Gasteiger charge is 2.15. The van der Waals surface area contributed by atoms with Gasteiger partial charge in [-0.15, -0.1) is 0 Å². The van der Waals surface area contributed by atoms with Gasteiger partial charge in [-0.25, -0.2) is 4.79 Å². The van der Waals surface area contributed by atoms with Crippen LogP contribution in [-0.4, -0.2) is 26.1 Å². The highest BCUT2D eigenvalue weighted by Crippen LogP contribution is 2.25. The van der Waals surface area contributed by atoms with E-state index in [1.807, 2.05) is 6.92 Å². The number of amides is 1. The molecule has 7 heteroatoms. The number of carbonyl (C=O) groups is 2. The van der Waals surface area contributed by atoms with Crippen molar-refractivity contribution in [2.45, 2.75) is 13.5 Å².